The summed E-state index contributed by atoms with van der Waals surface area (Å²) in [5, 5.41) is 12.3. The topological polar surface area (TPSA) is 102 Å². The lowest BCUT2D eigenvalue weighted by molar-refractivity contribution is -0.119. The monoisotopic (exact) mass is 363 g/mol. The molecule has 0 aliphatic rings. The Balaban J connectivity index is 2.01. The van der Waals surface area contributed by atoms with E-state index in [1.54, 1.807) is 12.1 Å². The minimum Gasteiger partial charge on any atom is -0.507 e. The molecule has 0 spiro atoms. The Morgan fingerprint density at radius 2 is 1.80 bits per heavy atom. The van der Waals surface area contributed by atoms with Gasteiger partial charge in [0.1, 0.15) is 11.3 Å². The van der Waals surface area contributed by atoms with Gasteiger partial charge in [-0.1, -0.05) is 23.7 Å². The predicted molar refractivity (Wildman–Crippen MR) is 89.8 cm³/mol. The van der Waals surface area contributed by atoms with E-state index in [4.69, 9.17) is 16.3 Å². The second-order valence-electron chi connectivity index (χ2n) is 4.82. The van der Waals surface area contributed by atoms with Crippen molar-refractivity contribution in [1.29, 1.82) is 0 Å². The van der Waals surface area contributed by atoms with E-state index >= 15 is 0 Å². The number of carbonyl (C=O) groups is 3. The summed E-state index contributed by atoms with van der Waals surface area (Å²) in [6.07, 6.45) is 0. The molecule has 2 rings (SSSR count). The van der Waals surface area contributed by atoms with E-state index in [0.29, 0.717) is 0 Å². The number of benzene rings is 2. The molecule has 0 atom stereocenters. The summed E-state index contributed by atoms with van der Waals surface area (Å²) in [6.45, 7) is -0.611. The van der Waals surface area contributed by atoms with Gasteiger partial charge < -0.3 is 19.9 Å². The van der Waals surface area contributed by atoms with Crippen LogP contribution in [0.15, 0.2) is 42.5 Å². The Hall–Kier alpha value is -3.06. The lowest BCUT2D eigenvalue weighted by Gasteiger charge is -2.10. The second kappa shape index (κ2) is 8.16. The van der Waals surface area contributed by atoms with Gasteiger partial charge in [-0.2, -0.15) is 0 Å². The Morgan fingerprint density at radius 3 is 2.52 bits per heavy atom. The number of hydrogen-bond donors (Lipinski definition) is 2. The highest BCUT2D eigenvalue weighted by molar-refractivity contribution is 6.31. The van der Waals surface area contributed by atoms with E-state index in [1.165, 1.54) is 37.4 Å². The van der Waals surface area contributed by atoms with Crippen LogP contribution in [0.4, 0.5) is 5.69 Å². The number of phenolic OH excluding ortho intramolecular Hbond substituents is 1. The van der Waals surface area contributed by atoms with Gasteiger partial charge >= 0.3 is 11.9 Å². The van der Waals surface area contributed by atoms with Gasteiger partial charge in [-0.15, -0.1) is 0 Å². The van der Waals surface area contributed by atoms with Crippen molar-refractivity contribution in [2.24, 2.45) is 0 Å². The fourth-order valence-electron chi connectivity index (χ4n) is 1.95. The summed E-state index contributed by atoms with van der Waals surface area (Å²) in [4.78, 5) is 35.5. The van der Waals surface area contributed by atoms with Crippen LogP contribution in [0.3, 0.4) is 0 Å². The van der Waals surface area contributed by atoms with Crippen molar-refractivity contribution in [2.45, 2.75) is 0 Å². The van der Waals surface area contributed by atoms with Crippen LogP contribution in [0.1, 0.15) is 20.7 Å². The van der Waals surface area contributed by atoms with Gasteiger partial charge in [0.05, 0.1) is 18.4 Å². The molecular formula is C17H14ClNO6. The van der Waals surface area contributed by atoms with Gasteiger partial charge in [-0.3, -0.25) is 4.79 Å². The maximum Gasteiger partial charge on any atom is 0.342 e. The number of hydrogen-bond acceptors (Lipinski definition) is 6. The number of rotatable bonds is 5. The summed E-state index contributed by atoms with van der Waals surface area (Å²) in [6, 6.07) is 10.1. The third-order valence-electron chi connectivity index (χ3n) is 3.12. The average molecular weight is 364 g/mol. The van der Waals surface area contributed by atoms with E-state index < -0.39 is 24.5 Å². The predicted octanol–water partition coefficient (Wildman–Crippen LogP) is 2.63. The first-order valence-electron chi connectivity index (χ1n) is 7.05. The number of anilines is 1. The second-order valence-corrected chi connectivity index (χ2v) is 5.26. The van der Waals surface area contributed by atoms with Crippen molar-refractivity contribution in [2.75, 3.05) is 19.0 Å². The Kier molecular flexibility index (Phi) is 5.97. The molecule has 0 fully saturated rings. The van der Waals surface area contributed by atoms with Crippen LogP contribution < -0.4 is 5.32 Å². The molecule has 130 valence electrons. The largest absolute Gasteiger partial charge is 0.507 e. The highest BCUT2D eigenvalue weighted by atomic mass is 35.5. The van der Waals surface area contributed by atoms with Crippen LogP contribution in [0, 0.1) is 0 Å². The SMILES string of the molecule is COC(=O)c1ccccc1NC(=O)COC(=O)c1cc(Cl)ccc1O. The lowest BCUT2D eigenvalue weighted by atomic mass is 10.2. The number of aromatic hydroxyl groups is 1. The summed E-state index contributed by atoms with van der Waals surface area (Å²) < 4.78 is 9.46. The normalized spacial score (nSPS) is 10.0. The zero-order valence-corrected chi connectivity index (χ0v) is 13.9. The molecule has 0 heterocycles. The van der Waals surface area contributed by atoms with Crippen molar-refractivity contribution in [3.8, 4) is 5.75 Å². The first kappa shape index (κ1) is 18.3. The van der Waals surface area contributed by atoms with Gasteiger partial charge in [0.15, 0.2) is 6.61 Å². The molecule has 0 aromatic heterocycles. The number of phenols is 1. The Bertz CT molecular complexity index is 821. The highest BCUT2D eigenvalue weighted by Gasteiger charge is 2.17. The Labute approximate surface area is 148 Å². The van der Waals surface area contributed by atoms with Crippen LogP contribution >= 0.6 is 11.6 Å². The van der Waals surface area contributed by atoms with Crippen molar-refractivity contribution in [3.63, 3.8) is 0 Å². The molecule has 0 aliphatic carbocycles. The molecule has 0 aliphatic heterocycles. The lowest BCUT2D eigenvalue weighted by Crippen LogP contribution is -2.22. The first-order chi connectivity index (χ1) is 11.9. The van der Waals surface area contributed by atoms with E-state index in [0.717, 1.165) is 0 Å². The van der Waals surface area contributed by atoms with E-state index in [2.05, 4.69) is 10.1 Å². The van der Waals surface area contributed by atoms with E-state index in [-0.39, 0.29) is 27.6 Å². The smallest absolute Gasteiger partial charge is 0.342 e. The number of esters is 2. The van der Waals surface area contributed by atoms with Gasteiger partial charge in [0.2, 0.25) is 0 Å². The van der Waals surface area contributed by atoms with Crippen molar-refractivity contribution >= 4 is 35.1 Å². The van der Waals surface area contributed by atoms with E-state index in [9.17, 15) is 19.5 Å². The maximum absolute atomic E-state index is 11.9. The number of carbonyl (C=O) groups excluding carboxylic acids is 3. The third-order valence-corrected chi connectivity index (χ3v) is 3.35. The molecular weight excluding hydrogens is 350 g/mol. The van der Waals surface area contributed by atoms with Crippen molar-refractivity contribution < 1.29 is 29.0 Å². The van der Waals surface area contributed by atoms with Crippen molar-refractivity contribution in [3.05, 3.63) is 58.6 Å². The fourth-order valence-corrected chi connectivity index (χ4v) is 2.12. The molecule has 0 unspecified atom stereocenters. The number of nitrogens with one attached hydrogen (secondary N) is 1. The molecule has 7 nitrogen and oxygen atoms in total. The van der Waals surface area contributed by atoms with Crippen molar-refractivity contribution in [1.82, 2.24) is 0 Å². The summed E-state index contributed by atoms with van der Waals surface area (Å²) in [5.41, 5.74) is 0.230. The Morgan fingerprint density at radius 1 is 1.08 bits per heavy atom. The summed E-state index contributed by atoms with van der Waals surface area (Å²) in [5.74, 6) is -2.50. The van der Waals surface area contributed by atoms with Crippen LogP contribution in [0.5, 0.6) is 5.75 Å². The van der Waals surface area contributed by atoms with Crippen LogP contribution in [-0.4, -0.2) is 36.7 Å². The maximum atomic E-state index is 11.9. The minimum atomic E-state index is -0.906. The average Bonchev–Trinajstić information content (AvgIpc) is 2.61. The van der Waals surface area contributed by atoms with Gasteiger partial charge in [0.25, 0.3) is 5.91 Å². The molecule has 1 amide bonds. The van der Waals surface area contributed by atoms with Crippen LogP contribution in [-0.2, 0) is 14.3 Å². The standard InChI is InChI=1S/C17H14ClNO6/c1-24-16(22)11-4-2-3-5-13(11)19-15(21)9-25-17(23)12-8-10(18)6-7-14(12)20/h2-8,20H,9H2,1H3,(H,19,21). The highest BCUT2D eigenvalue weighted by Crippen LogP contribution is 2.22. The fraction of sp³-hybridized carbons (Fsp3) is 0.118. The molecule has 2 aromatic rings. The molecule has 0 bridgehead atoms. The van der Waals surface area contributed by atoms with Crippen LogP contribution in [0.25, 0.3) is 0 Å². The molecule has 0 radical (unpaired) electrons. The number of halogens is 1. The molecule has 0 saturated carbocycles. The number of amides is 1. The minimum absolute atomic E-state index is 0.157. The molecule has 0 saturated heterocycles. The number of ether oxygens (including phenoxy) is 2. The quantitative estimate of drug-likeness (QED) is 0.792. The van der Waals surface area contributed by atoms with E-state index in [1.807, 2.05) is 0 Å². The zero-order chi connectivity index (χ0) is 18.4. The van der Waals surface area contributed by atoms with Gasteiger partial charge in [-0.05, 0) is 30.3 Å². The zero-order valence-electron chi connectivity index (χ0n) is 13.1. The molecule has 8 heteroatoms. The number of methoxy groups -OCH3 is 1. The summed E-state index contributed by atoms with van der Waals surface area (Å²) >= 11 is 5.75. The molecule has 2 aromatic carbocycles. The van der Waals surface area contributed by atoms with Gasteiger partial charge in [-0.25, -0.2) is 9.59 Å². The molecule has 25 heavy (non-hydrogen) atoms. The number of para-hydroxylation sites is 1. The summed E-state index contributed by atoms with van der Waals surface area (Å²) in [7, 11) is 1.22. The van der Waals surface area contributed by atoms with Crippen LogP contribution in [0.2, 0.25) is 5.02 Å². The third kappa shape index (κ3) is 4.71. The molecule has 2 N–H and O–H groups in total. The first-order valence-corrected chi connectivity index (χ1v) is 7.43. The van der Waals surface area contributed by atoms with Gasteiger partial charge in [0, 0.05) is 5.02 Å².